The highest BCUT2D eigenvalue weighted by atomic mass is 16.5. The summed E-state index contributed by atoms with van der Waals surface area (Å²) < 4.78 is 12.8. The van der Waals surface area contributed by atoms with Gasteiger partial charge in [-0.2, -0.15) is 0 Å². The van der Waals surface area contributed by atoms with E-state index in [1.807, 2.05) is 32.9 Å². The molecule has 7 nitrogen and oxygen atoms in total. The maximum absolute atomic E-state index is 11.3. The SMILES string of the molecule is COc1cc(C)c(-c2nc(Cn3cnc(C(C)=O)n3)c(C)o2)cc1C. The van der Waals surface area contributed by atoms with Gasteiger partial charge in [-0.1, -0.05) is 0 Å². The van der Waals surface area contributed by atoms with Crippen molar-refractivity contribution in [1.82, 2.24) is 19.7 Å². The van der Waals surface area contributed by atoms with Gasteiger partial charge in [-0.3, -0.25) is 4.79 Å². The molecule has 0 unspecified atom stereocenters. The molecule has 2 heterocycles. The Kier molecular flexibility index (Phi) is 4.39. The van der Waals surface area contributed by atoms with Crippen LogP contribution < -0.4 is 4.74 Å². The normalized spacial score (nSPS) is 10.9. The summed E-state index contributed by atoms with van der Waals surface area (Å²) in [5.41, 5.74) is 3.72. The summed E-state index contributed by atoms with van der Waals surface area (Å²) >= 11 is 0. The maximum Gasteiger partial charge on any atom is 0.226 e. The highest BCUT2D eigenvalue weighted by Gasteiger charge is 2.16. The van der Waals surface area contributed by atoms with Crippen LogP contribution in [-0.2, 0) is 6.54 Å². The van der Waals surface area contributed by atoms with E-state index in [0.717, 1.165) is 28.1 Å². The molecule has 0 saturated carbocycles. The minimum absolute atomic E-state index is 0.166. The number of oxazole rings is 1. The van der Waals surface area contributed by atoms with E-state index < -0.39 is 0 Å². The van der Waals surface area contributed by atoms with E-state index in [4.69, 9.17) is 9.15 Å². The van der Waals surface area contributed by atoms with Gasteiger partial charge >= 0.3 is 0 Å². The van der Waals surface area contributed by atoms with E-state index >= 15 is 0 Å². The molecular formula is C18H20N4O3. The van der Waals surface area contributed by atoms with Crippen LogP contribution in [0.4, 0.5) is 0 Å². The average Bonchev–Trinajstić information content (AvgIpc) is 3.17. The van der Waals surface area contributed by atoms with E-state index in [0.29, 0.717) is 18.2 Å². The topological polar surface area (TPSA) is 83.0 Å². The van der Waals surface area contributed by atoms with Crippen molar-refractivity contribution in [3.63, 3.8) is 0 Å². The third-order valence-corrected chi connectivity index (χ3v) is 4.03. The number of hydrogen-bond donors (Lipinski definition) is 0. The van der Waals surface area contributed by atoms with Crippen LogP contribution in [0, 0.1) is 20.8 Å². The summed E-state index contributed by atoms with van der Waals surface area (Å²) in [4.78, 5) is 19.9. The lowest BCUT2D eigenvalue weighted by Crippen LogP contribution is -2.04. The van der Waals surface area contributed by atoms with Crippen molar-refractivity contribution < 1.29 is 13.9 Å². The number of aromatic nitrogens is 4. The number of rotatable bonds is 5. The average molecular weight is 340 g/mol. The molecule has 1 aromatic carbocycles. The van der Waals surface area contributed by atoms with Crippen molar-refractivity contribution in [2.75, 3.05) is 7.11 Å². The Morgan fingerprint density at radius 2 is 2.00 bits per heavy atom. The van der Waals surface area contributed by atoms with Gasteiger partial charge in [-0.25, -0.2) is 14.6 Å². The van der Waals surface area contributed by atoms with Crippen LogP contribution in [0.2, 0.25) is 0 Å². The quantitative estimate of drug-likeness (QED) is 0.664. The molecule has 2 aromatic heterocycles. The molecule has 0 amide bonds. The number of aryl methyl sites for hydroxylation is 3. The molecule has 0 fully saturated rings. The van der Waals surface area contributed by atoms with E-state index in [1.54, 1.807) is 11.8 Å². The Balaban J connectivity index is 1.92. The van der Waals surface area contributed by atoms with Gasteiger partial charge in [-0.05, 0) is 44.0 Å². The Morgan fingerprint density at radius 3 is 2.64 bits per heavy atom. The molecule has 130 valence electrons. The molecule has 7 heteroatoms. The predicted molar refractivity (Wildman–Crippen MR) is 91.8 cm³/mol. The number of carbonyl (C=O) groups is 1. The summed E-state index contributed by atoms with van der Waals surface area (Å²) in [6, 6.07) is 3.98. The van der Waals surface area contributed by atoms with Gasteiger partial charge in [0.05, 0.1) is 13.7 Å². The molecule has 0 radical (unpaired) electrons. The van der Waals surface area contributed by atoms with Crippen molar-refractivity contribution in [1.29, 1.82) is 0 Å². The molecule has 3 aromatic rings. The zero-order valence-corrected chi connectivity index (χ0v) is 15.0. The first-order valence-corrected chi connectivity index (χ1v) is 7.91. The zero-order chi connectivity index (χ0) is 18.1. The van der Waals surface area contributed by atoms with E-state index in [2.05, 4.69) is 15.1 Å². The number of carbonyl (C=O) groups excluding carboxylic acids is 1. The second kappa shape index (κ2) is 6.51. The Hall–Kier alpha value is -2.96. The van der Waals surface area contributed by atoms with Crippen molar-refractivity contribution in [3.05, 3.63) is 46.9 Å². The molecule has 0 N–H and O–H groups in total. The molecule has 0 aliphatic carbocycles. The zero-order valence-electron chi connectivity index (χ0n) is 15.0. The number of ketones is 1. The lowest BCUT2D eigenvalue weighted by atomic mass is 10.0. The highest BCUT2D eigenvalue weighted by Crippen LogP contribution is 2.30. The summed E-state index contributed by atoms with van der Waals surface area (Å²) in [5, 5.41) is 4.14. The highest BCUT2D eigenvalue weighted by molar-refractivity contribution is 5.89. The van der Waals surface area contributed by atoms with E-state index in [9.17, 15) is 4.79 Å². The number of Topliss-reactive ketones (excluding diaryl/α,β-unsaturated/α-hetero) is 1. The Bertz CT molecular complexity index is 940. The first-order valence-electron chi connectivity index (χ1n) is 7.91. The Morgan fingerprint density at radius 1 is 1.24 bits per heavy atom. The third-order valence-electron chi connectivity index (χ3n) is 4.03. The number of ether oxygens (including phenoxy) is 1. The van der Waals surface area contributed by atoms with Gasteiger partial charge in [0.2, 0.25) is 11.7 Å². The maximum atomic E-state index is 11.3. The number of benzene rings is 1. The molecule has 25 heavy (non-hydrogen) atoms. The van der Waals surface area contributed by atoms with Gasteiger partial charge in [-0.15, -0.1) is 5.10 Å². The molecule has 0 bridgehead atoms. The molecule has 0 atom stereocenters. The fraction of sp³-hybridized carbons (Fsp3) is 0.333. The molecule has 0 spiro atoms. The summed E-state index contributed by atoms with van der Waals surface area (Å²) in [6.45, 7) is 7.67. The lowest BCUT2D eigenvalue weighted by molar-refractivity contribution is 0.100. The standard InChI is InChI=1S/C18H20N4O3/c1-10-7-16(24-5)11(2)6-14(10)18-20-15(13(4)25-18)8-22-9-19-17(21-22)12(3)23/h6-7,9H,8H2,1-5H3. The van der Waals surface area contributed by atoms with Gasteiger partial charge in [0.1, 0.15) is 23.5 Å². The Labute approximate surface area is 145 Å². The first-order chi connectivity index (χ1) is 11.9. The van der Waals surface area contributed by atoms with Gasteiger partial charge in [0.25, 0.3) is 0 Å². The smallest absolute Gasteiger partial charge is 0.226 e. The fourth-order valence-electron chi connectivity index (χ4n) is 2.62. The third kappa shape index (κ3) is 3.31. The van der Waals surface area contributed by atoms with Gasteiger partial charge in [0.15, 0.2) is 5.78 Å². The van der Waals surface area contributed by atoms with Crippen LogP contribution >= 0.6 is 0 Å². The van der Waals surface area contributed by atoms with Crippen LogP contribution in [0.25, 0.3) is 11.5 Å². The lowest BCUT2D eigenvalue weighted by Gasteiger charge is -2.08. The van der Waals surface area contributed by atoms with Crippen LogP contribution in [0.5, 0.6) is 5.75 Å². The molecule has 0 aliphatic rings. The second-order valence-electron chi connectivity index (χ2n) is 5.98. The summed E-state index contributed by atoms with van der Waals surface area (Å²) in [7, 11) is 1.66. The molecular weight excluding hydrogens is 320 g/mol. The number of methoxy groups -OCH3 is 1. The van der Waals surface area contributed by atoms with Crippen LogP contribution in [0.3, 0.4) is 0 Å². The number of hydrogen-bond acceptors (Lipinski definition) is 6. The van der Waals surface area contributed by atoms with Gasteiger partial charge in [0, 0.05) is 12.5 Å². The first kappa shape index (κ1) is 16.9. The minimum atomic E-state index is -0.166. The van der Waals surface area contributed by atoms with Gasteiger partial charge < -0.3 is 9.15 Å². The van der Waals surface area contributed by atoms with Crippen LogP contribution in [0.1, 0.15) is 40.1 Å². The summed E-state index contributed by atoms with van der Waals surface area (Å²) in [6.07, 6.45) is 1.52. The monoisotopic (exact) mass is 340 g/mol. The van der Waals surface area contributed by atoms with Crippen molar-refractivity contribution in [2.24, 2.45) is 0 Å². The summed E-state index contributed by atoms with van der Waals surface area (Å²) in [5.74, 6) is 2.14. The van der Waals surface area contributed by atoms with Crippen molar-refractivity contribution in [2.45, 2.75) is 34.2 Å². The molecule has 0 aliphatic heterocycles. The second-order valence-corrected chi connectivity index (χ2v) is 5.98. The van der Waals surface area contributed by atoms with Crippen LogP contribution in [-0.4, -0.2) is 32.6 Å². The fourth-order valence-corrected chi connectivity index (χ4v) is 2.62. The van der Waals surface area contributed by atoms with Crippen molar-refractivity contribution in [3.8, 4) is 17.2 Å². The minimum Gasteiger partial charge on any atom is -0.496 e. The number of nitrogens with zero attached hydrogens (tertiary/aromatic N) is 4. The molecule has 0 saturated heterocycles. The van der Waals surface area contributed by atoms with Crippen LogP contribution in [0.15, 0.2) is 22.9 Å². The van der Waals surface area contributed by atoms with E-state index in [1.165, 1.54) is 13.3 Å². The largest absolute Gasteiger partial charge is 0.496 e. The van der Waals surface area contributed by atoms with E-state index in [-0.39, 0.29) is 11.6 Å². The molecule has 3 rings (SSSR count). The van der Waals surface area contributed by atoms with Crippen molar-refractivity contribution >= 4 is 5.78 Å². The predicted octanol–water partition coefficient (Wildman–Crippen LogP) is 3.12.